The number of carbonyl (C=O) groups is 1. The van der Waals surface area contributed by atoms with Crippen LogP contribution < -0.4 is 11.1 Å². The van der Waals surface area contributed by atoms with Gasteiger partial charge in [-0.1, -0.05) is 6.07 Å². The molecule has 0 aliphatic rings. The van der Waals surface area contributed by atoms with Gasteiger partial charge in [0.2, 0.25) is 0 Å². The molecule has 19 heavy (non-hydrogen) atoms. The summed E-state index contributed by atoms with van der Waals surface area (Å²) in [4.78, 5) is 12.1. The van der Waals surface area contributed by atoms with Gasteiger partial charge in [0.1, 0.15) is 5.82 Å². The maximum absolute atomic E-state index is 13.0. The van der Waals surface area contributed by atoms with Crippen molar-refractivity contribution in [2.75, 3.05) is 11.1 Å². The van der Waals surface area contributed by atoms with Crippen LogP contribution in [0.4, 0.5) is 15.8 Å². The van der Waals surface area contributed by atoms with E-state index in [-0.39, 0.29) is 11.7 Å². The average Bonchev–Trinajstić information content (AvgIpc) is 2.36. The van der Waals surface area contributed by atoms with E-state index in [1.54, 1.807) is 25.1 Å². The number of nitrogen functional groups attached to an aromatic ring is 1. The van der Waals surface area contributed by atoms with Gasteiger partial charge in [-0.2, -0.15) is 0 Å². The van der Waals surface area contributed by atoms with Crippen LogP contribution in [-0.4, -0.2) is 5.91 Å². The van der Waals surface area contributed by atoms with Crippen molar-refractivity contribution < 1.29 is 9.18 Å². The van der Waals surface area contributed by atoms with Gasteiger partial charge in [-0.25, -0.2) is 4.39 Å². The predicted molar refractivity (Wildman–Crippen MR) is 77.6 cm³/mol. The molecule has 0 aromatic heterocycles. The van der Waals surface area contributed by atoms with E-state index in [1.807, 2.05) is 0 Å². The Morgan fingerprint density at radius 3 is 2.74 bits per heavy atom. The minimum Gasteiger partial charge on any atom is -0.398 e. The molecule has 98 valence electrons. The zero-order valence-electron chi connectivity index (χ0n) is 10.2. The third kappa shape index (κ3) is 2.93. The van der Waals surface area contributed by atoms with E-state index in [1.165, 1.54) is 18.2 Å². The van der Waals surface area contributed by atoms with E-state index in [2.05, 4.69) is 21.2 Å². The van der Waals surface area contributed by atoms with Crippen LogP contribution in [0.15, 0.2) is 40.9 Å². The number of carbonyl (C=O) groups excluding carboxylic acids is 1. The molecular weight excluding hydrogens is 311 g/mol. The Labute approximate surface area is 118 Å². The molecule has 0 spiro atoms. The van der Waals surface area contributed by atoms with Crippen LogP contribution in [-0.2, 0) is 0 Å². The average molecular weight is 323 g/mol. The van der Waals surface area contributed by atoms with Crippen LogP contribution in [0.3, 0.4) is 0 Å². The van der Waals surface area contributed by atoms with Gasteiger partial charge < -0.3 is 11.1 Å². The lowest BCUT2D eigenvalue weighted by molar-refractivity contribution is 0.102. The number of nitrogens with two attached hydrogens (primary N) is 1. The molecule has 0 saturated carbocycles. The molecule has 2 rings (SSSR count). The summed E-state index contributed by atoms with van der Waals surface area (Å²) in [6.07, 6.45) is 0. The Balaban J connectivity index is 2.28. The van der Waals surface area contributed by atoms with Crippen LogP contribution >= 0.6 is 15.9 Å². The number of nitrogens with one attached hydrogen (secondary N) is 1. The number of amides is 1. The van der Waals surface area contributed by atoms with E-state index in [0.717, 1.165) is 0 Å². The van der Waals surface area contributed by atoms with Crippen molar-refractivity contribution >= 4 is 33.2 Å². The van der Waals surface area contributed by atoms with Gasteiger partial charge in [0.05, 0.1) is 10.0 Å². The van der Waals surface area contributed by atoms with Crippen molar-refractivity contribution in [3.05, 3.63) is 57.8 Å². The molecule has 0 fully saturated rings. The summed E-state index contributed by atoms with van der Waals surface area (Å²) in [7, 11) is 0. The summed E-state index contributed by atoms with van der Waals surface area (Å²) in [6, 6.07) is 9.26. The SMILES string of the molecule is Cc1cc(F)ccc1NC(=O)c1cccc(N)c1Br. The predicted octanol–water partition coefficient (Wildman–Crippen LogP) is 3.73. The van der Waals surface area contributed by atoms with Crippen LogP contribution in [0.5, 0.6) is 0 Å². The third-order valence-electron chi connectivity index (χ3n) is 2.71. The van der Waals surface area contributed by atoms with E-state index in [4.69, 9.17) is 5.73 Å². The van der Waals surface area contributed by atoms with Crippen molar-refractivity contribution in [1.29, 1.82) is 0 Å². The summed E-state index contributed by atoms with van der Waals surface area (Å²) >= 11 is 3.28. The molecule has 0 radical (unpaired) electrons. The molecule has 3 N–H and O–H groups in total. The lowest BCUT2D eigenvalue weighted by Crippen LogP contribution is -2.14. The molecule has 2 aromatic rings. The third-order valence-corrected chi connectivity index (χ3v) is 3.59. The molecule has 0 atom stereocenters. The minimum atomic E-state index is -0.333. The quantitative estimate of drug-likeness (QED) is 0.828. The van der Waals surface area contributed by atoms with Crippen LogP contribution in [0.1, 0.15) is 15.9 Å². The van der Waals surface area contributed by atoms with Crippen LogP contribution in [0.2, 0.25) is 0 Å². The first-order valence-electron chi connectivity index (χ1n) is 5.60. The summed E-state index contributed by atoms with van der Waals surface area (Å²) in [6.45, 7) is 1.73. The molecule has 1 amide bonds. The van der Waals surface area contributed by atoms with Crippen molar-refractivity contribution in [1.82, 2.24) is 0 Å². The van der Waals surface area contributed by atoms with E-state index in [9.17, 15) is 9.18 Å². The Morgan fingerprint density at radius 1 is 1.32 bits per heavy atom. The van der Waals surface area contributed by atoms with E-state index < -0.39 is 0 Å². The van der Waals surface area contributed by atoms with Gasteiger partial charge in [-0.3, -0.25) is 4.79 Å². The van der Waals surface area contributed by atoms with Gasteiger partial charge in [-0.05, 0) is 58.7 Å². The highest BCUT2D eigenvalue weighted by Gasteiger charge is 2.13. The van der Waals surface area contributed by atoms with Gasteiger partial charge in [0.15, 0.2) is 0 Å². The fraction of sp³-hybridized carbons (Fsp3) is 0.0714. The number of anilines is 2. The lowest BCUT2D eigenvalue weighted by atomic mass is 10.1. The van der Waals surface area contributed by atoms with Crippen molar-refractivity contribution in [3.8, 4) is 0 Å². The topological polar surface area (TPSA) is 55.1 Å². The van der Waals surface area contributed by atoms with Gasteiger partial charge in [-0.15, -0.1) is 0 Å². The fourth-order valence-corrected chi connectivity index (χ4v) is 2.13. The molecule has 5 heteroatoms. The lowest BCUT2D eigenvalue weighted by Gasteiger charge is -2.10. The molecule has 3 nitrogen and oxygen atoms in total. The maximum atomic E-state index is 13.0. The van der Waals surface area contributed by atoms with Crippen LogP contribution in [0.25, 0.3) is 0 Å². The molecule has 0 saturated heterocycles. The summed E-state index contributed by atoms with van der Waals surface area (Å²) < 4.78 is 13.5. The van der Waals surface area contributed by atoms with E-state index >= 15 is 0 Å². The second-order valence-electron chi connectivity index (χ2n) is 4.12. The maximum Gasteiger partial charge on any atom is 0.256 e. The second-order valence-corrected chi connectivity index (χ2v) is 4.92. The summed E-state index contributed by atoms with van der Waals surface area (Å²) in [5.74, 6) is -0.630. The normalized spacial score (nSPS) is 10.3. The van der Waals surface area contributed by atoms with E-state index in [0.29, 0.717) is 27.0 Å². The molecule has 0 aliphatic carbocycles. The van der Waals surface area contributed by atoms with Crippen molar-refractivity contribution in [3.63, 3.8) is 0 Å². The van der Waals surface area contributed by atoms with Crippen molar-refractivity contribution in [2.45, 2.75) is 6.92 Å². The number of halogens is 2. The molecular formula is C14H12BrFN2O. The number of aryl methyl sites for hydroxylation is 1. The van der Waals surface area contributed by atoms with Crippen LogP contribution in [0, 0.1) is 12.7 Å². The van der Waals surface area contributed by atoms with Gasteiger partial charge in [0, 0.05) is 11.4 Å². The zero-order valence-corrected chi connectivity index (χ0v) is 11.8. The molecule has 0 aliphatic heterocycles. The van der Waals surface area contributed by atoms with Gasteiger partial charge >= 0.3 is 0 Å². The molecule has 0 heterocycles. The zero-order chi connectivity index (χ0) is 14.0. The molecule has 0 bridgehead atoms. The largest absolute Gasteiger partial charge is 0.398 e. The van der Waals surface area contributed by atoms with Crippen molar-refractivity contribution in [2.24, 2.45) is 0 Å². The second kappa shape index (κ2) is 5.40. The Kier molecular flexibility index (Phi) is 3.85. The summed E-state index contributed by atoms with van der Waals surface area (Å²) in [5.41, 5.74) is 7.88. The monoisotopic (exact) mass is 322 g/mol. The molecule has 0 unspecified atom stereocenters. The first kappa shape index (κ1) is 13.5. The highest BCUT2D eigenvalue weighted by atomic mass is 79.9. The number of benzene rings is 2. The first-order valence-corrected chi connectivity index (χ1v) is 6.40. The summed E-state index contributed by atoms with van der Waals surface area (Å²) in [5, 5.41) is 2.73. The highest BCUT2D eigenvalue weighted by Crippen LogP contribution is 2.25. The number of hydrogen-bond donors (Lipinski definition) is 2. The first-order chi connectivity index (χ1) is 8.99. The highest BCUT2D eigenvalue weighted by molar-refractivity contribution is 9.10. The Hall–Kier alpha value is -1.88. The fourth-order valence-electron chi connectivity index (χ4n) is 1.68. The number of rotatable bonds is 2. The van der Waals surface area contributed by atoms with Gasteiger partial charge in [0.25, 0.3) is 5.91 Å². The number of hydrogen-bond acceptors (Lipinski definition) is 2. The Bertz CT molecular complexity index is 643. The molecule has 2 aromatic carbocycles. The standard InChI is InChI=1S/C14H12BrFN2O/c1-8-7-9(16)5-6-12(8)18-14(19)10-3-2-4-11(17)13(10)15/h2-7H,17H2,1H3,(H,18,19). The minimum absolute atomic E-state index is 0.297. The smallest absolute Gasteiger partial charge is 0.256 e. The Morgan fingerprint density at radius 2 is 2.05 bits per heavy atom.